The Morgan fingerprint density at radius 3 is 2.72 bits per heavy atom. The zero-order valence-corrected chi connectivity index (χ0v) is 10.3. The average Bonchev–Trinajstić information content (AvgIpc) is 2.35. The van der Waals surface area contributed by atoms with Gasteiger partial charge >= 0.3 is 0 Å². The molecule has 0 amide bonds. The fraction of sp³-hybridized carbons (Fsp3) is 0.214. The van der Waals surface area contributed by atoms with Gasteiger partial charge in [0, 0.05) is 29.1 Å². The van der Waals surface area contributed by atoms with E-state index in [-0.39, 0.29) is 16.5 Å². The summed E-state index contributed by atoms with van der Waals surface area (Å²) < 4.78 is 0. The molecule has 4 heteroatoms. The summed E-state index contributed by atoms with van der Waals surface area (Å²) in [4.78, 5) is 15.0. The van der Waals surface area contributed by atoms with Gasteiger partial charge in [-0.15, -0.1) is 0 Å². The summed E-state index contributed by atoms with van der Waals surface area (Å²) in [5, 5.41) is 12.0. The molecule has 0 saturated carbocycles. The standard InChI is InChI=1S/C14H14N2O2/c1-10(2)13(16(17)18)9-12-6-3-5-11-7-4-8-15-14(11)12/h3-10H,1-2H3/b13-9-. The highest BCUT2D eigenvalue weighted by molar-refractivity contribution is 5.87. The van der Waals surface area contributed by atoms with Gasteiger partial charge in [-0.1, -0.05) is 38.1 Å². The molecule has 0 fully saturated rings. The van der Waals surface area contributed by atoms with E-state index in [0.717, 1.165) is 16.5 Å². The number of fused-ring (bicyclic) bond motifs is 1. The number of hydrogen-bond donors (Lipinski definition) is 0. The monoisotopic (exact) mass is 242 g/mol. The van der Waals surface area contributed by atoms with E-state index in [1.807, 2.05) is 44.2 Å². The summed E-state index contributed by atoms with van der Waals surface area (Å²) in [6.07, 6.45) is 3.31. The molecule has 92 valence electrons. The molecule has 0 bridgehead atoms. The second-order valence-electron chi connectivity index (χ2n) is 4.40. The molecule has 4 nitrogen and oxygen atoms in total. The minimum absolute atomic E-state index is 0.126. The van der Waals surface area contributed by atoms with Crippen molar-refractivity contribution in [2.45, 2.75) is 13.8 Å². The maximum Gasteiger partial charge on any atom is 0.249 e. The summed E-state index contributed by atoms with van der Waals surface area (Å²) in [6, 6.07) is 9.48. The van der Waals surface area contributed by atoms with Crippen molar-refractivity contribution in [1.82, 2.24) is 4.98 Å². The van der Waals surface area contributed by atoms with Gasteiger partial charge in [0.15, 0.2) is 0 Å². The summed E-state index contributed by atoms with van der Waals surface area (Å²) in [6.45, 7) is 3.63. The van der Waals surface area contributed by atoms with Crippen molar-refractivity contribution in [2.75, 3.05) is 0 Å². The van der Waals surface area contributed by atoms with Crippen LogP contribution in [0.15, 0.2) is 42.2 Å². The third-order valence-corrected chi connectivity index (χ3v) is 2.77. The zero-order valence-electron chi connectivity index (χ0n) is 10.3. The Bertz CT molecular complexity index is 613. The van der Waals surface area contributed by atoms with Crippen molar-refractivity contribution in [3.8, 4) is 0 Å². The molecule has 0 N–H and O–H groups in total. The van der Waals surface area contributed by atoms with Crippen molar-refractivity contribution >= 4 is 17.0 Å². The van der Waals surface area contributed by atoms with Crippen LogP contribution in [-0.4, -0.2) is 9.91 Å². The SMILES string of the molecule is CC(C)/C(=C/c1cccc2cccnc12)[N+](=O)[O-]. The molecule has 0 radical (unpaired) electrons. The first-order valence-electron chi connectivity index (χ1n) is 5.79. The lowest BCUT2D eigenvalue weighted by Gasteiger charge is -2.04. The lowest BCUT2D eigenvalue weighted by molar-refractivity contribution is -0.431. The van der Waals surface area contributed by atoms with Gasteiger partial charge in [-0.2, -0.15) is 0 Å². The molecule has 1 aromatic carbocycles. The zero-order chi connectivity index (χ0) is 13.1. The quantitative estimate of drug-likeness (QED) is 0.611. The first-order chi connectivity index (χ1) is 8.59. The lowest BCUT2D eigenvalue weighted by Crippen LogP contribution is -2.05. The van der Waals surface area contributed by atoms with Gasteiger partial charge in [0.05, 0.1) is 10.4 Å². The Balaban J connectivity index is 2.61. The smallest absolute Gasteiger partial charge is 0.249 e. The molecule has 1 heterocycles. The summed E-state index contributed by atoms with van der Waals surface area (Å²) in [5.41, 5.74) is 1.78. The minimum atomic E-state index is -0.327. The number of aromatic nitrogens is 1. The average molecular weight is 242 g/mol. The van der Waals surface area contributed by atoms with Crippen molar-refractivity contribution < 1.29 is 4.92 Å². The van der Waals surface area contributed by atoms with Crippen LogP contribution in [0.2, 0.25) is 0 Å². The van der Waals surface area contributed by atoms with Crippen molar-refractivity contribution in [2.24, 2.45) is 5.92 Å². The molecule has 0 saturated heterocycles. The summed E-state index contributed by atoms with van der Waals surface area (Å²) in [7, 11) is 0. The normalized spacial score (nSPS) is 12.1. The largest absolute Gasteiger partial charge is 0.259 e. The van der Waals surface area contributed by atoms with Gasteiger partial charge in [0.2, 0.25) is 5.70 Å². The topological polar surface area (TPSA) is 56.0 Å². The van der Waals surface area contributed by atoms with E-state index >= 15 is 0 Å². The Hall–Kier alpha value is -2.23. The molecule has 2 aromatic rings. The van der Waals surface area contributed by atoms with E-state index in [9.17, 15) is 10.1 Å². The Labute approximate surface area is 105 Å². The number of pyridine rings is 1. The van der Waals surface area contributed by atoms with Gasteiger partial charge < -0.3 is 0 Å². The van der Waals surface area contributed by atoms with Gasteiger partial charge in [-0.05, 0) is 6.07 Å². The molecule has 2 rings (SSSR count). The van der Waals surface area contributed by atoms with Gasteiger partial charge in [-0.25, -0.2) is 0 Å². The van der Waals surface area contributed by atoms with E-state index < -0.39 is 0 Å². The molecule has 0 aliphatic carbocycles. The molecule has 0 aliphatic heterocycles. The molecular formula is C14H14N2O2. The lowest BCUT2D eigenvalue weighted by atomic mass is 10.0. The molecule has 0 aliphatic rings. The summed E-state index contributed by atoms with van der Waals surface area (Å²) in [5.74, 6) is -0.126. The number of rotatable bonds is 3. The van der Waals surface area contributed by atoms with Gasteiger partial charge in [0.25, 0.3) is 0 Å². The van der Waals surface area contributed by atoms with Crippen LogP contribution < -0.4 is 0 Å². The highest BCUT2D eigenvalue weighted by atomic mass is 16.6. The van der Waals surface area contributed by atoms with Crippen LogP contribution in [0.3, 0.4) is 0 Å². The fourth-order valence-corrected chi connectivity index (χ4v) is 1.83. The van der Waals surface area contributed by atoms with E-state index in [1.165, 1.54) is 0 Å². The molecular weight excluding hydrogens is 228 g/mol. The first kappa shape index (κ1) is 12.2. The predicted octanol–water partition coefficient (Wildman–Crippen LogP) is 3.51. The van der Waals surface area contributed by atoms with Crippen LogP contribution in [-0.2, 0) is 0 Å². The van der Waals surface area contributed by atoms with Crippen LogP contribution in [0.4, 0.5) is 0 Å². The van der Waals surface area contributed by atoms with Crippen molar-refractivity contribution in [3.63, 3.8) is 0 Å². The van der Waals surface area contributed by atoms with Crippen LogP contribution in [0.1, 0.15) is 19.4 Å². The number of benzene rings is 1. The Morgan fingerprint density at radius 1 is 1.33 bits per heavy atom. The Morgan fingerprint density at radius 2 is 2.06 bits per heavy atom. The highest BCUT2D eigenvalue weighted by Gasteiger charge is 2.16. The maximum absolute atomic E-state index is 11.0. The van der Waals surface area contributed by atoms with E-state index in [4.69, 9.17) is 0 Å². The molecule has 0 spiro atoms. The third-order valence-electron chi connectivity index (χ3n) is 2.77. The highest BCUT2D eigenvalue weighted by Crippen LogP contribution is 2.21. The van der Waals surface area contributed by atoms with Crippen molar-refractivity contribution in [3.05, 3.63) is 57.9 Å². The van der Waals surface area contributed by atoms with Crippen molar-refractivity contribution in [1.29, 1.82) is 0 Å². The van der Waals surface area contributed by atoms with E-state index in [0.29, 0.717) is 0 Å². The second-order valence-corrected chi connectivity index (χ2v) is 4.40. The number of nitro groups is 1. The minimum Gasteiger partial charge on any atom is -0.259 e. The van der Waals surface area contributed by atoms with Gasteiger partial charge in [0.1, 0.15) is 0 Å². The summed E-state index contributed by atoms with van der Waals surface area (Å²) >= 11 is 0. The first-order valence-corrected chi connectivity index (χ1v) is 5.79. The van der Waals surface area contributed by atoms with Crippen LogP contribution in [0.25, 0.3) is 17.0 Å². The third kappa shape index (κ3) is 2.37. The van der Waals surface area contributed by atoms with Crippen LogP contribution in [0, 0.1) is 16.0 Å². The number of para-hydroxylation sites is 1. The number of nitrogens with zero attached hydrogens (tertiary/aromatic N) is 2. The number of allylic oxidation sites excluding steroid dienone is 1. The molecule has 0 atom stereocenters. The van der Waals surface area contributed by atoms with Crippen LogP contribution in [0.5, 0.6) is 0 Å². The molecule has 1 aromatic heterocycles. The molecule has 0 unspecified atom stereocenters. The van der Waals surface area contributed by atoms with Crippen LogP contribution >= 0.6 is 0 Å². The maximum atomic E-state index is 11.0. The number of hydrogen-bond acceptors (Lipinski definition) is 3. The molecule has 18 heavy (non-hydrogen) atoms. The predicted molar refractivity (Wildman–Crippen MR) is 71.6 cm³/mol. The van der Waals surface area contributed by atoms with E-state index in [2.05, 4.69) is 4.98 Å². The van der Waals surface area contributed by atoms with Gasteiger partial charge in [-0.3, -0.25) is 15.1 Å². The van der Waals surface area contributed by atoms with E-state index in [1.54, 1.807) is 12.3 Å². The fourth-order valence-electron chi connectivity index (χ4n) is 1.83. The Kier molecular flexibility index (Phi) is 3.37. The second kappa shape index (κ2) is 4.96.